The monoisotopic (exact) mass is 132 g/mol. The van der Waals surface area contributed by atoms with E-state index in [4.69, 9.17) is 5.84 Å². The fraction of sp³-hybridized carbons (Fsp3) is 0.833. The van der Waals surface area contributed by atoms with Crippen LogP contribution in [0.3, 0.4) is 0 Å². The molecule has 0 aromatic heterocycles. The van der Waals surface area contributed by atoms with Crippen molar-refractivity contribution in [2.24, 2.45) is 5.84 Å². The third-order valence-corrected chi connectivity index (χ3v) is 0.745. The minimum atomic E-state index is -0.0949. The second-order valence-corrected chi connectivity index (χ2v) is 1.31. The van der Waals surface area contributed by atoms with Gasteiger partial charge >= 0.3 is 0 Å². The van der Waals surface area contributed by atoms with Crippen LogP contribution in [-0.2, 0) is 4.79 Å². The summed E-state index contributed by atoms with van der Waals surface area (Å²) in [6.45, 7) is 7.83. The van der Waals surface area contributed by atoms with Gasteiger partial charge in [-0.1, -0.05) is 13.8 Å². The number of rotatable bonds is 1. The Morgan fingerprint density at radius 1 is 1.56 bits per heavy atom. The molecular weight excluding hydrogens is 116 g/mol. The molecular formula is C6H16N2O. The Labute approximate surface area is 56.8 Å². The van der Waals surface area contributed by atoms with Gasteiger partial charge in [0.05, 0.1) is 0 Å². The number of nitrogens with two attached hydrogens (primary N) is 1. The summed E-state index contributed by atoms with van der Waals surface area (Å²) in [5.74, 6) is 5.00. The van der Waals surface area contributed by atoms with E-state index in [1.54, 1.807) is 0 Å². The lowest BCUT2D eigenvalue weighted by Crippen LogP contribution is -2.34. The van der Waals surface area contributed by atoms with Gasteiger partial charge in [-0.15, -0.1) is 0 Å². The summed E-state index contributed by atoms with van der Waals surface area (Å²) in [4.78, 5) is 10.2. The van der Waals surface area contributed by atoms with Gasteiger partial charge in [-0.2, -0.15) is 0 Å². The Hall–Kier alpha value is -0.570. The Bertz CT molecular complexity index is 73.5. The fourth-order valence-corrected chi connectivity index (χ4v) is 0.223. The summed E-state index contributed by atoms with van der Waals surface area (Å²) in [5.41, 5.74) is 0. The summed E-state index contributed by atoms with van der Waals surface area (Å²) >= 11 is 0. The molecule has 0 aromatic rings. The predicted molar refractivity (Wildman–Crippen MR) is 38.6 cm³/mol. The van der Waals surface area contributed by atoms with Gasteiger partial charge in [0.25, 0.3) is 0 Å². The lowest BCUT2D eigenvalue weighted by atomic mass is 10.6. The van der Waals surface area contributed by atoms with Crippen molar-refractivity contribution in [1.82, 2.24) is 5.01 Å². The third kappa shape index (κ3) is 7.43. The van der Waals surface area contributed by atoms with Crippen molar-refractivity contribution in [3.05, 3.63) is 0 Å². The van der Waals surface area contributed by atoms with Crippen LogP contribution in [0.4, 0.5) is 0 Å². The number of hydrogen-bond acceptors (Lipinski definition) is 2. The average Bonchev–Trinajstić information content (AvgIpc) is 1.91. The molecule has 0 rings (SSSR count). The van der Waals surface area contributed by atoms with Gasteiger partial charge in [-0.25, -0.2) is 5.84 Å². The van der Waals surface area contributed by atoms with Crippen LogP contribution >= 0.6 is 0 Å². The maximum Gasteiger partial charge on any atom is 0.233 e. The molecule has 0 saturated carbocycles. The number of nitrogens with zero attached hydrogens (tertiary/aromatic N) is 1. The molecule has 0 aliphatic heterocycles. The zero-order valence-electron chi connectivity index (χ0n) is 6.64. The fourth-order valence-electron chi connectivity index (χ4n) is 0.223. The summed E-state index contributed by atoms with van der Waals surface area (Å²) in [7, 11) is 0. The second-order valence-electron chi connectivity index (χ2n) is 1.31. The third-order valence-electron chi connectivity index (χ3n) is 0.745. The number of carbonyl (C=O) groups excluding carboxylic acids is 1. The lowest BCUT2D eigenvalue weighted by molar-refractivity contribution is -0.128. The van der Waals surface area contributed by atoms with Crippen LogP contribution in [0.2, 0.25) is 0 Å². The van der Waals surface area contributed by atoms with E-state index in [1.807, 2.05) is 20.8 Å². The van der Waals surface area contributed by atoms with Gasteiger partial charge in [0.15, 0.2) is 0 Å². The maximum atomic E-state index is 10.2. The molecule has 56 valence electrons. The average molecular weight is 132 g/mol. The number of carbonyl (C=O) groups is 1. The van der Waals surface area contributed by atoms with Crippen LogP contribution in [-0.4, -0.2) is 17.5 Å². The standard InChI is InChI=1S/C4H10N2O.C2H6/c1-3-6(5)4(2)7;1-2/h3,5H2,1-2H3;1-2H3. The highest BCUT2D eigenvalue weighted by molar-refractivity contribution is 5.72. The molecule has 0 radical (unpaired) electrons. The Morgan fingerprint density at radius 2 is 1.89 bits per heavy atom. The zero-order valence-corrected chi connectivity index (χ0v) is 6.64. The number of amides is 1. The molecule has 0 unspecified atom stereocenters. The Balaban J connectivity index is 0. The normalized spacial score (nSPS) is 7.22. The van der Waals surface area contributed by atoms with Crippen molar-refractivity contribution >= 4 is 5.91 Å². The highest BCUT2D eigenvalue weighted by atomic mass is 16.2. The molecule has 9 heavy (non-hydrogen) atoms. The van der Waals surface area contributed by atoms with Crippen molar-refractivity contribution in [3.8, 4) is 0 Å². The minimum absolute atomic E-state index is 0.0949. The molecule has 0 aromatic carbocycles. The first-order chi connectivity index (χ1) is 4.18. The van der Waals surface area contributed by atoms with E-state index in [0.717, 1.165) is 5.01 Å². The molecule has 0 spiro atoms. The van der Waals surface area contributed by atoms with Crippen molar-refractivity contribution in [2.45, 2.75) is 27.7 Å². The van der Waals surface area contributed by atoms with Crippen LogP contribution in [0.1, 0.15) is 27.7 Å². The largest absolute Gasteiger partial charge is 0.281 e. The van der Waals surface area contributed by atoms with E-state index in [0.29, 0.717) is 6.54 Å². The Morgan fingerprint density at radius 3 is 1.89 bits per heavy atom. The lowest BCUT2D eigenvalue weighted by Gasteiger charge is -2.08. The van der Waals surface area contributed by atoms with Gasteiger partial charge in [0, 0.05) is 13.5 Å². The first kappa shape index (κ1) is 11.3. The molecule has 0 fully saturated rings. The highest BCUT2D eigenvalue weighted by Gasteiger charge is 1.94. The molecule has 3 heteroatoms. The van der Waals surface area contributed by atoms with Crippen molar-refractivity contribution in [1.29, 1.82) is 0 Å². The van der Waals surface area contributed by atoms with Gasteiger partial charge in [0.2, 0.25) is 5.91 Å². The summed E-state index contributed by atoms with van der Waals surface area (Å²) < 4.78 is 0. The molecule has 0 bridgehead atoms. The van der Waals surface area contributed by atoms with E-state index in [9.17, 15) is 4.79 Å². The second kappa shape index (κ2) is 7.43. The SMILES string of the molecule is CC.CCN(N)C(C)=O. The molecule has 2 N–H and O–H groups in total. The Kier molecular flexibility index (Phi) is 9.29. The van der Waals surface area contributed by atoms with Gasteiger partial charge < -0.3 is 0 Å². The van der Waals surface area contributed by atoms with Crippen molar-refractivity contribution in [2.75, 3.05) is 6.54 Å². The van der Waals surface area contributed by atoms with Gasteiger partial charge in [-0.05, 0) is 6.92 Å². The molecule has 0 aliphatic rings. The van der Waals surface area contributed by atoms with E-state index >= 15 is 0 Å². The summed E-state index contributed by atoms with van der Waals surface area (Å²) in [5, 5.41) is 1.15. The van der Waals surface area contributed by atoms with E-state index < -0.39 is 0 Å². The summed E-state index contributed by atoms with van der Waals surface area (Å²) in [6.07, 6.45) is 0. The van der Waals surface area contributed by atoms with E-state index in [-0.39, 0.29) is 5.91 Å². The van der Waals surface area contributed by atoms with Crippen LogP contribution in [0.5, 0.6) is 0 Å². The molecule has 0 saturated heterocycles. The van der Waals surface area contributed by atoms with Crippen LogP contribution in [0.15, 0.2) is 0 Å². The molecule has 3 nitrogen and oxygen atoms in total. The summed E-state index contributed by atoms with van der Waals surface area (Å²) in [6, 6.07) is 0. The molecule has 0 heterocycles. The molecule has 0 atom stereocenters. The number of hydrogen-bond donors (Lipinski definition) is 1. The maximum absolute atomic E-state index is 10.2. The highest BCUT2D eigenvalue weighted by Crippen LogP contribution is 1.73. The predicted octanol–water partition coefficient (Wildman–Crippen LogP) is 0.755. The van der Waals surface area contributed by atoms with E-state index in [2.05, 4.69) is 0 Å². The minimum Gasteiger partial charge on any atom is -0.281 e. The van der Waals surface area contributed by atoms with Crippen LogP contribution < -0.4 is 5.84 Å². The topological polar surface area (TPSA) is 46.3 Å². The number of hydrazine groups is 1. The quantitative estimate of drug-likeness (QED) is 0.325. The first-order valence-electron chi connectivity index (χ1n) is 3.21. The van der Waals surface area contributed by atoms with Crippen LogP contribution in [0, 0.1) is 0 Å². The smallest absolute Gasteiger partial charge is 0.233 e. The molecule has 1 amide bonds. The first-order valence-corrected chi connectivity index (χ1v) is 3.21. The van der Waals surface area contributed by atoms with Crippen LogP contribution in [0.25, 0.3) is 0 Å². The van der Waals surface area contributed by atoms with Crippen molar-refractivity contribution < 1.29 is 4.79 Å². The van der Waals surface area contributed by atoms with E-state index in [1.165, 1.54) is 6.92 Å². The van der Waals surface area contributed by atoms with Gasteiger partial charge in [-0.3, -0.25) is 9.80 Å². The van der Waals surface area contributed by atoms with Gasteiger partial charge in [0.1, 0.15) is 0 Å². The molecule has 0 aliphatic carbocycles. The van der Waals surface area contributed by atoms with Crippen molar-refractivity contribution in [3.63, 3.8) is 0 Å². The zero-order chi connectivity index (χ0) is 7.86.